The van der Waals surface area contributed by atoms with Gasteiger partial charge in [-0.3, -0.25) is 0 Å². The number of carbonyl (C=O) groups excluding carboxylic acids is 1. The molecule has 134 valence electrons. The van der Waals surface area contributed by atoms with Gasteiger partial charge in [0.1, 0.15) is 18.2 Å². The molecule has 0 N–H and O–H groups in total. The lowest BCUT2D eigenvalue weighted by Gasteiger charge is -2.13. The highest BCUT2D eigenvalue weighted by molar-refractivity contribution is 6.02. The average molecular weight is 360 g/mol. The highest BCUT2D eigenvalue weighted by Gasteiger charge is 2.24. The first-order chi connectivity index (χ1) is 13.2. The van der Waals surface area contributed by atoms with Crippen LogP contribution in [-0.4, -0.2) is 19.7 Å². The summed E-state index contributed by atoms with van der Waals surface area (Å²) in [5, 5.41) is 0. The number of hydrogen-bond acceptors (Lipinski definition) is 3. The van der Waals surface area contributed by atoms with Gasteiger partial charge in [-0.1, -0.05) is 42.5 Å². The highest BCUT2D eigenvalue weighted by atomic mass is 19.1. The second kappa shape index (κ2) is 7.08. The van der Waals surface area contributed by atoms with Crippen LogP contribution < -0.4 is 4.74 Å². The Morgan fingerprint density at radius 2 is 1.67 bits per heavy atom. The maximum Gasteiger partial charge on any atom is 0.337 e. The predicted molar refractivity (Wildman–Crippen MR) is 102 cm³/mol. The topological polar surface area (TPSA) is 35.5 Å². The molecule has 0 spiro atoms. The van der Waals surface area contributed by atoms with Gasteiger partial charge < -0.3 is 9.47 Å². The van der Waals surface area contributed by atoms with Crippen LogP contribution in [0.25, 0.3) is 11.1 Å². The van der Waals surface area contributed by atoms with Gasteiger partial charge in [-0.25, -0.2) is 9.18 Å². The minimum absolute atomic E-state index is 0.313. The third-order valence-electron chi connectivity index (χ3n) is 4.58. The highest BCUT2D eigenvalue weighted by Crippen LogP contribution is 2.41. The van der Waals surface area contributed by atoms with Crippen LogP contribution in [0, 0.1) is 5.82 Å². The van der Waals surface area contributed by atoms with E-state index in [1.54, 1.807) is 18.2 Å². The Kier molecular flexibility index (Phi) is 4.47. The number of hydrogen-bond donors (Lipinski definition) is 0. The van der Waals surface area contributed by atoms with E-state index in [-0.39, 0.29) is 5.82 Å². The zero-order valence-electron chi connectivity index (χ0n) is 14.7. The van der Waals surface area contributed by atoms with Crippen LogP contribution in [-0.2, 0) is 4.74 Å². The third-order valence-corrected chi connectivity index (χ3v) is 4.58. The van der Waals surface area contributed by atoms with Crippen molar-refractivity contribution in [3.05, 3.63) is 101 Å². The van der Waals surface area contributed by atoms with E-state index in [4.69, 9.17) is 9.47 Å². The summed E-state index contributed by atoms with van der Waals surface area (Å²) in [5.41, 5.74) is 4.80. The van der Waals surface area contributed by atoms with Crippen molar-refractivity contribution in [1.82, 2.24) is 0 Å². The molecule has 3 nitrogen and oxygen atoms in total. The first-order valence-electron chi connectivity index (χ1n) is 8.57. The van der Waals surface area contributed by atoms with Crippen LogP contribution in [0.4, 0.5) is 4.39 Å². The van der Waals surface area contributed by atoms with E-state index in [2.05, 4.69) is 0 Å². The zero-order valence-corrected chi connectivity index (χ0v) is 14.7. The van der Waals surface area contributed by atoms with Crippen molar-refractivity contribution in [3.63, 3.8) is 0 Å². The smallest absolute Gasteiger partial charge is 0.337 e. The van der Waals surface area contributed by atoms with E-state index in [1.165, 1.54) is 19.2 Å². The molecular formula is C23H17FO3. The molecule has 0 saturated carbocycles. The van der Waals surface area contributed by atoms with Gasteiger partial charge in [-0.15, -0.1) is 0 Å². The predicted octanol–water partition coefficient (Wildman–Crippen LogP) is 4.96. The molecule has 0 radical (unpaired) electrons. The van der Waals surface area contributed by atoms with Crippen LogP contribution in [0.5, 0.6) is 5.75 Å². The minimum atomic E-state index is -0.400. The maximum atomic E-state index is 13.9. The van der Waals surface area contributed by atoms with Crippen molar-refractivity contribution < 1.29 is 18.7 Å². The molecule has 3 aromatic rings. The average Bonchev–Trinajstić information content (AvgIpc) is 3.11. The number of halogens is 1. The van der Waals surface area contributed by atoms with E-state index in [9.17, 15) is 9.18 Å². The summed E-state index contributed by atoms with van der Waals surface area (Å²) in [4.78, 5) is 12.0. The Labute approximate surface area is 156 Å². The van der Waals surface area contributed by atoms with E-state index >= 15 is 0 Å². The largest absolute Gasteiger partial charge is 0.488 e. The Bertz CT molecular complexity index is 1040. The van der Waals surface area contributed by atoms with Gasteiger partial charge in [-0.05, 0) is 47.0 Å². The van der Waals surface area contributed by atoms with Crippen molar-refractivity contribution in [3.8, 4) is 5.75 Å². The summed E-state index contributed by atoms with van der Waals surface area (Å²) < 4.78 is 24.5. The summed E-state index contributed by atoms with van der Waals surface area (Å²) in [6, 6.07) is 21.6. The van der Waals surface area contributed by atoms with E-state index < -0.39 is 5.97 Å². The molecule has 0 unspecified atom stereocenters. The summed E-state index contributed by atoms with van der Waals surface area (Å²) in [6.45, 7) is 0.339. The molecule has 0 amide bonds. The molecule has 0 aliphatic carbocycles. The molecule has 27 heavy (non-hydrogen) atoms. The van der Waals surface area contributed by atoms with Crippen LogP contribution >= 0.6 is 0 Å². The molecule has 4 rings (SSSR count). The molecule has 3 aromatic carbocycles. The number of ether oxygens (including phenoxy) is 2. The monoisotopic (exact) mass is 360 g/mol. The van der Waals surface area contributed by atoms with Crippen molar-refractivity contribution in [2.75, 3.05) is 13.7 Å². The molecule has 4 heteroatoms. The number of methoxy groups -OCH3 is 1. The van der Waals surface area contributed by atoms with Gasteiger partial charge in [-0.2, -0.15) is 0 Å². The Morgan fingerprint density at radius 1 is 0.926 bits per heavy atom. The quantitative estimate of drug-likeness (QED) is 0.619. The lowest BCUT2D eigenvalue weighted by Crippen LogP contribution is -2.03. The Balaban J connectivity index is 1.96. The number of benzene rings is 3. The fraction of sp³-hybridized carbons (Fsp3) is 0.0870. The van der Waals surface area contributed by atoms with Gasteiger partial charge in [0.15, 0.2) is 0 Å². The fourth-order valence-electron chi connectivity index (χ4n) is 3.34. The standard InChI is InChI=1S/C23H17FO3/c1-26-23(25)17-9-5-8-16(12-17)22(15-6-3-2-4-7-15)20-14-27-21-11-10-18(24)13-19(20)21/h2-13H,14H2,1H3/b22-20-. The Hall–Kier alpha value is -3.40. The molecule has 0 aromatic heterocycles. The second-order valence-corrected chi connectivity index (χ2v) is 6.22. The van der Waals surface area contributed by atoms with Gasteiger partial charge in [0.05, 0.1) is 12.7 Å². The first-order valence-corrected chi connectivity index (χ1v) is 8.57. The lowest BCUT2D eigenvalue weighted by atomic mass is 9.89. The fourth-order valence-corrected chi connectivity index (χ4v) is 3.34. The number of fused-ring (bicyclic) bond motifs is 1. The van der Waals surface area contributed by atoms with Gasteiger partial charge in [0.25, 0.3) is 0 Å². The molecular weight excluding hydrogens is 343 g/mol. The lowest BCUT2D eigenvalue weighted by molar-refractivity contribution is 0.0600. The third kappa shape index (κ3) is 3.22. The maximum absolute atomic E-state index is 13.9. The van der Waals surface area contributed by atoms with Crippen molar-refractivity contribution >= 4 is 17.1 Å². The van der Waals surface area contributed by atoms with E-state index in [1.807, 2.05) is 42.5 Å². The normalized spacial score (nSPS) is 14.3. The number of esters is 1. The molecule has 0 saturated heterocycles. The van der Waals surface area contributed by atoms with Gasteiger partial charge in [0.2, 0.25) is 0 Å². The number of carbonyl (C=O) groups is 1. The first kappa shape index (κ1) is 17.0. The molecule has 0 bridgehead atoms. The SMILES string of the molecule is COC(=O)c1cccc(/C(=C2/COc3ccc(F)cc32)c2ccccc2)c1. The molecule has 0 fully saturated rings. The van der Waals surface area contributed by atoms with E-state index in [0.717, 1.165) is 27.8 Å². The summed E-state index contributed by atoms with van der Waals surface area (Å²) >= 11 is 0. The minimum Gasteiger partial charge on any atom is -0.488 e. The summed E-state index contributed by atoms with van der Waals surface area (Å²) in [7, 11) is 1.36. The van der Waals surface area contributed by atoms with E-state index in [0.29, 0.717) is 17.9 Å². The molecule has 1 heterocycles. The summed E-state index contributed by atoms with van der Waals surface area (Å²) in [6.07, 6.45) is 0. The van der Waals surface area contributed by atoms with Crippen LogP contribution in [0.2, 0.25) is 0 Å². The van der Waals surface area contributed by atoms with Crippen molar-refractivity contribution in [2.45, 2.75) is 0 Å². The molecule has 1 aliphatic rings. The van der Waals surface area contributed by atoms with Crippen LogP contribution in [0.1, 0.15) is 27.0 Å². The summed E-state index contributed by atoms with van der Waals surface area (Å²) in [5.74, 6) is -0.0557. The van der Waals surface area contributed by atoms with Gasteiger partial charge >= 0.3 is 5.97 Å². The Morgan fingerprint density at radius 3 is 2.44 bits per heavy atom. The molecule has 0 atom stereocenters. The molecule has 1 aliphatic heterocycles. The van der Waals surface area contributed by atoms with Crippen molar-refractivity contribution in [2.24, 2.45) is 0 Å². The van der Waals surface area contributed by atoms with Crippen LogP contribution in [0.3, 0.4) is 0 Å². The van der Waals surface area contributed by atoms with Crippen molar-refractivity contribution in [1.29, 1.82) is 0 Å². The zero-order chi connectivity index (χ0) is 18.8. The second-order valence-electron chi connectivity index (χ2n) is 6.22. The number of rotatable bonds is 3. The van der Waals surface area contributed by atoms with Crippen LogP contribution in [0.15, 0.2) is 72.8 Å². The van der Waals surface area contributed by atoms with Gasteiger partial charge in [0, 0.05) is 11.1 Å².